The van der Waals surface area contributed by atoms with Crippen LogP contribution in [0.1, 0.15) is 73.1 Å². The van der Waals surface area contributed by atoms with Crippen LogP contribution in [-0.4, -0.2) is 11.8 Å². The lowest BCUT2D eigenvalue weighted by Gasteiger charge is -2.34. The first-order valence-electron chi connectivity index (χ1n) is 7.03. The summed E-state index contributed by atoms with van der Waals surface area (Å²) >= 11 is 0. The molecular weight excluding hydrogens is 206 g/mol. The summed E-state index contributed by atoms with van der Waals surface area (Å²) in [7, 11) is 0. The Morgan fingerprint density at radius 2 is 1.71 bits per heavy atom. The third-order valence-electron chi connectivity index (χ3n) is 3.49. The lowest BCUT2D eigenvalue weighted by atomic mass is 9.72. The van der Waals surface area contributed by atoms with Gasteiger partial charge in [-0.2, -0.15) is 0 Å². The predicted octanol–water partition coefficient (Wildman–Crippen LogP) is 5.16. The minimum Gasteiger partial charge on any atom is -0.291 e. The van der Waals surface area contributed by atoms with E-state index in [2.05, 4.69) is 46.9 Å². The zero-order valence-electron chi connectivity index (χ0n) is 12.3. The molecule has 0 radical (unpaired) electrons. The van der Waals surface area contributed by atoms with Gasteiger partial charge in [0.2, 0.25) is 0 Å². The summed E-state index contributed by atoms with van der Waals surface area (Å²) in [4.78, 5) is 4.78. The first-order valence-corrected chi connectivity index (χ1v) is 7.03. The van der Waals surface area contributed by atoms with Crippen LogP contribution in [-0.2, 0) is 0 Å². The van der Waals surface area contributed by atoms with Crippen LogP contribution < -0.4 is 0 Å². The Kier molecular flexibility index (Phi) is 4.97. The van der Waals surface area contributed by atoms with Gasteiger partial charge < -0.3 is 0 Å². The van der Waals surface area contributed by atoms with Crippen molar-refractivity contribution in [1.82, 2.24) is 0 Å². The van der Waals surface area contributed by atoms with E-state index in [1.54, 1.807) is 0 Å². The minimum atomic E-state index is 0.0649. The molecule has 1 aliphatic carbocycles. The summed E-state index contributed by atoms with van der Waals surface area (Å²) in [6.45, 7) is 10.9. The highest BCUT2D eigenvalue weighted by atomic mass is 14.8. The van der Waals surface area contributed by atoms with Gasteiger partial charge in [0, 0.05) is 11.6 Å². The zero-order valence-corrected chi connectivity index (χ0v) is 12.3. The smallest absolute Gasteiger partial charge is 0.0520 e. The molecule has 0 spiro atoms. The van der Waals surface area contributed by atoms with Crippen LogP contribution in [0.25, 0.3) is 0 Å². The molecule has 0 heterocycles. The van der Waals surface area contributed by atoms with Gasteiger partial charge in [0.15, 0.2) is 0 Å². The van der Waals surface area contributed by atoms with E-state index in [4.69, 9.17) is 4.99 Å². The Labute approximate surface area is 107 Å². The largest absolute Gasteiger partial charge is 0.291 e. The van der Waals surface area contributed by atoms with Crippen LogP contribution in [0.4, 0.5) is 0 Å². The molecule has 1 heteroatoms. The Hall–Kier alpha value is -0.590. The van der Waals surface area contributed by atoms with Gasteiger partial charge in [0.1, 0.15) is 0 Å². The van der Waals surface area contributed by atoms with Crippen molar-refractivity contribution in [2.45, 2.75) is 78.7 Å². The van der Waals surface area contributed by atoms with E-state index >= 15 is 0 Å². The standard InChI is InChI=1S/C16H29N/c1-14(2)9-12-16(10-7-6-8-11-16)13-17-15(3,4)5/h9,13H,6-8,10-12H2,1-5H3. The fourth-order valence-corrected chi connectivity index (χ4v) is 2.38. The van der Waals surface area contributed by atoms with Gasteiger partial charge in [-0.25, -0.2) is 0 Å². The maximum atomic E-state index is 4.78. The van der Waals surface area contributed by atoms with Gasteiger partial charge in [0.05, 0.1) is 5.54 Å². The third-order valence-corrected chi connectivity index (χ3v) is 3.49. The SMILES string of the molecule is CC(C)=CCC1(C=NC(C)(C)C)CCCCC1. The highest BCUT2D eigenvalue weighted by Gasteiger charge is 2.29. The molecule has 0 aliphatic heterocycles. The highest BCUT2D eigenvalue weighted by molar-refractivity contribution is 5.66. The van der Waals surface area contributed by atoms with E-state index in [9.17, 15) is 0 Å². The van der Waals surface area contributed by atoms with Crippen LogP contribution in [0, 0.1) is 5.41 Å². The number of hydrogen-bond acceptors (Lipinski definition) is 1. The second-order valence-corrected chi connectivity index (χ2v) is 6.84. The summed E-state index contributed by atoms with van der Waals surface area (Å²) in [6.07, 6.45) is 12.6. The van der Waals surface area contributed by atoms with Crippen LogP contribution in [0.15, 0.2) is 16.6 Å². The number of aliphatic imine (C=N–C) groups is 1. The fourth-order valence-electron chi connectivity index (χ4n) is 2.38. The normalized spacial score (nSPS) is 20.5. The summed E-state index contributed by atoms with van der Waals surface area (Å²) < 4.78 is 0. The van der Waals surface area contributed by atoms with Crippen LogP contribution >= 0.6 is 0 Å². The number of hydrogen-bond donors (Lipinski definition) is 0. The first-order chi connectivity index (χ1) is 7.83. The molecule has 0 N–H and O–H groups in total. The van der Waals surface area contributed by atoms with Crippen molar-refractivity contribution in [3.63, 3.8) is 0 Å². The van der Waals surface area contributed by atoms with Crippen molar-refractivity contribution in [2.24, 2.45) is 10.4 Å². The van der Waals surface area contributed by atoms with Gasteiger partial charge >= 0.3 is 0 Å². The van der Waals surface area contributed by atoms with Gasteiger partial charge in [-0.3, -0.25) is 4.99 Å². The molecule has 0 aromatic heterocycles. The molecule has 1 rings (SSSR count). The number of allylic oxidation sites excluding steroid dienone is 2. The lowest BCUT2D eigenvalue weighted by Crippen LogP contribution is -2.27. The molecule has 17 heavy (non-hydrogen) atoms. The van der Waals surface area contributed by atoms with E-state index in [1.165, 1.54) is 44.1 Å². The molecule has 0 aromatic carbocycles. The van der Waals surface area contributed by atoms with E-state index in [-0.39, 0.29) is 5.54 Å². The van der Waals surface area contributed by atoms with Gasteiger partial charge in [-0.15, -0.1) is 0 Å². The van der Waals surface area contributed by atoms with Crippen molar-refractivity contribution in [3.05, 3.63) is 11.6 Å². The Bertz CT molecular complexity index is 281. The monoisotopic (exact) mass is 235 g/mol. The molecule has 1 aliphatic rings. The quantitative estimate of drug-likeness (QED) is 0.473. The molecule has 0 bridgehead atoms. The summed E-state index contributed by atoms with van der Waals surface area (Å²) in [5.41, 5.74) is 1.84. The summed E-state index contributed by atoms with van der Waals surface area (Å²) in [5, 5.41) is 0. The Balaban J connectivity index is 2.78. The van der Waals surface area contributed by atoms with E-state index in [0.29, 0.717) is 5.41 Å². The summed E-state index contributed by atoms with van der Waals surface area (Å²) in [5.74, 6) is 0. The van der Waals surface area contributed by atoms with E-state index in [0.717, 1.165) is 0 Å². The average Bonchev–Trinajstić information content (AvgIpc) is 2.25. The minimum absolute atomic E-state index is 0.0649. The van der Waals surface area contributed by atoms with Crippen molar-refractivity contribution in [1.29, 1.82) is 0 Å². The zero-order chi connectivity index (χ0) is 12.9. The molecule has 0 aromatic rings. The molecule has 1 saturated carbocycles. The van der Waals surface area contributed by atoms with Crippen molar-refractivity contribution in [3.8, 4) is 0 Å². The predicted molar refractivity (Wildman–Crippen MR) is 77.8 cm³/mol. The number of nitrogens with zero attached hydrogens (tertiary/aromatic N) is 1. The molecule has 1 fully saturated rings. The summed E-state index contributed by atoms with van der Waals surface area (Å²) in [6, 6.07) is 0. The fraction of sp³-hybridized carbons (Fsp3) is 0.812. The highest BCUT2D eigenvalue weighted by Crippen LogP contribution is 2.38. The molecule has 1 nitrogen and oxygen atoms in total. The molecular formula is C16H29N. The van der Waals surface area contributed by atoms with Crippen molar-refractivity contribution >= 4 is 6.21 Å². The molecule has 98 valence electrons. The third kappa shape index (κ3) is 5.52. The van der Waals surface area contributed by atoms with E-state index < -0.39 is 0 Å². The van der Waals surface area contributed by atoms with Crippen LogP contribution in [0.2, 0.25) is 0 Å². The van der Waals surface area contributed by atoms with Crippen LogP contribution in [0.5, 0.6) is 0 Å². The lowest BCUT2D eigenvalue weighted by molar-refractivity contribution is 0.291. The maximum Gasteiger partial charge on any atom is 0.0520 e. The molecule has 0 unspecified atom stereocenters. The topological polar surface area (TPSA) is 12.4 Å². The number of rotatable bonds is 3. The average molecular weight is 235 g/mol. The second-order valence-electron chi connectivity index (χ2n) is 6.84. The van der Waals surface area contributed by atoms with E-state index in [1.807, 2.05) is 0 Å². The van der Waals surface area contributed by atoms with Gasteiger partial charge in [-0.05, 0) is 53.9 Å². The molecule has 0 atom stereocenters. The van der Waals surface area contributed by atoms with Gasteiger partial charge in [-0.1, -0.05) is 30.9 Å². The van der Waals surface area contributed by atoms with Crippen molar-refractivity contribution < 1.29 is 0 Å². The first kappa shape index (κ1) is 14.5. The second kappa shape index (κ2) is 5.84. The van der Waals surface area contributed by atoms with Crippen LogP contribution in [0.3, 0.4) is 0 Å². The maximum absolute atomic E-state index is 4.78. The Morgan fingerprint density at radius 3 is 2.18 bits per heavy atom. The van der Waals surface area contributed by atoms with Crippen molar-refractivity contribution in [2.75, 3.05) is 0 Å². The molecule has 0 amide bonds. The van der Waals surface area contributed by atoms with Gasteiger partial charge in [0.25, 0.3) is 0 Å². The molecule has 0 saturated heterocycles. The Morgan fingerprint density at radius 1 is 1.12 bits per heavy atom.